The van der Waals surface area contributed by atoms with E-state index in [1.807, 2.05) is 91.0 Å². The Morgan fingerprint density at radius 1 is 0.510 bits per heavy atom. The Labute approximate surface area is 286 Å². The second-order valence-electron chi connectivity index (χ2n) is 11.9. The molecule has 4 nitrogen and oxygen atoms in total. The molecule has 0 spiro atoms. The van der Waals surface area contributed by atoms with E-state index in [1.54, 1.807) is 0 Å². The van der Waals surface area contributed by atoms with Gasteiger partial charge in [-0.25, -0.2) is 4.99 Å². The van der Waals surface area contributed by atoms with Gasteiger partial charge in [-0.15, -0.1) is 0 Å². The Balaban J connectivity index is 0.000000156. The first-order valence-electron chi connectivity index (χ1n) is 16.3. The van der Waals surface area contributed by atoms with E-state index in [0.29, 0.717) is 5.84 Å². The zero-order valence-corrected chi connectivity index (χ0v) is 27.2. The number of para-hydroxylation sites is 1. The van der Waals surface area contributed by atoms with Crippen molar-refractivity contribution in [1.82, 2.24) is 0 Å². The van der Waals surface area contributed by atoms with Gasteiger partial charge < -0.3 is 10.2 Å². The lowest BCUT2D eigenvalue weighted by Crippen LogP contribution is -2.15. The number of hydrogen-bond acceptors (Lipinski definition) is 2. The van der Waals surface area contributed by atoms with Gasteiger partial charge >= 0.3 is 0 Å². The number of aryl methyl sites for hydroxylation is 1. The SMILES string of the molecule is Cc1cc(-c2ccccc2)cc(-c2cccc3oc4ccccc4c23)c1.N=C(N=C(N)c1ccc(-c2ccccc2)cc1)c1ccccc1. The van der Waals surface area contributed by atoms with Crippen molar-refractivity contribution in [2.24, 2.45) is 10.7 Å². The fourth-order valence-electron chi connectivity index (χ4n) is 6.06. The molecule has 0 aliphatic carbocycles. The molecule has 236 valence electrons. The molecule has 1 heterocycles. The Bertz CT molecular complexity index is 2390. The van der Waals surface area contributed by atoms with Crippen LogP contribution in [0.15, 0.2) is 185 Å². The van der Waals surface area contributed by atoms with E-state index in [-0.39, 0.29) is 5.84 Å². The van der Waals surface area contributed by atoms with Crippen molar-refractivity contribution in [3.63, 3.8) is 0 Å². The van der Waals surface area contributed by atoms with E-state index in [9.17, 15) is 0 Å². The van der Waals surface area contributed by atoms with Crippen LogP contribution in [0.3, 0.4) is 0 Å². The smallest absolute Gasteiger partial charge is 0.154 e. The van der Waals surface area contributed by atoms with Crippen molar-refractivity contribution in [2.45, 2.75) is 6.92 Å². The number of rotatable bonds is 5. The molecule has 0 amide bonds. The third-order valence-electron chi connectivity index (χ3n) is 8.47. The van der Waals surface area contributed by atoms with Crippen LogP contribution in [0.25, 0.3) is 55.3 Å². The van der Waals surface area contributed by atoms with Crippen LogP contribution in [0.1, 0.15) is 16.7 Å². The molecule has 0 aliphatic rings. The van der Waals surface area contributed by atoms with Gasteiger partial charge in [0.1, 0.15) is 17.0 Å². The maximum absolute atomic E-state index is 8.02. The third kappa shape index (κ3) is 6.95. The number of amidine groups is 2. The van der Waals surface area contributed by atoms with E-state index in [1.165, 1.54) is 38.6 Å². The van der Waals surface area contributed by atoms with Crippen molar-refractivity contribution < 1.29 is 4.42 Å². The Hall–Kier alpha value is -6.52. The zero-order chi connectivity index (χ0) is 33.6. The Morgan fingerprint density at radius 3 is 1.76 bits per heavy atom. The van der Waals surface area contributed by atoms with Crippen LogP contribution in [0.2, 0.25) is 0 Å². The molecular weight excluding hydrogens is 599 g/mol. The highest BCUT2D eigenvalue weighted by Crippen LogP contribution is 2.38. The predicted molar refractivity (Wildman–Crippen MR) is 205 cm³/mol. The highest BCUT2D eigenvalue weighted by molar-refractivity contribution is 6.12. The second-order valence-corrected chi connectivity index (χ2v) is 11.9. The lowest BCUT2D eigenvalue weighted by atomic mass is 9.94. The molecule has 7 aromatic carbocycles. The van der Waals surface area contributed by atoms with Gasteiger partial charge in [-0.05, 0) is 64.1 Å². The predicted octanol–water partition coefficient (Wildman–Crippen LogP) is 11.3. The van der Waals surface area contributed by atoms with Crippen molar-refractivity contribution in [3.8, 4) is 33.4 Å². The first-order valence-corrected chi connectivity index (χ1v) is 16.3. The minimum Gasteiger partial charge on any atom is -0.456 e. The maximum Gasteiger partial charge on any atom is 0.154 e. The number of aliphatic imine (C=N–C) groups is 1. The van der Waals surface area contributed by atoms with E-state index in [4.69, 9.17) is 15.6 Å². The quantitative estimate of drug-likeness (QED) is 0.146. The van der Waals surface area contributed by atoms with Crippen LogP contribution in [-0.2, 0) is 0 Å². The number of benzene rings is 7. The lowest BCUT2D eigenvalue weighted by Gasteiger charge is -2.09. The van der Waals surface area contributed by atoms with E-state index < -0.39 is 0 Å². The van der Waals surface area contributed by atoms with Crippen molar-refractivity contribution in [1.29, 1.82) is 5.41 Å². The van der Waals surface area contributed by atoms with Gasteiger partial charge in [-0.3, -0.25) is 5.41 Å². The topological polar surface area (TPSA) is 75.4 Å². The molecule has 8 aromatic rings. The standard InChI is InChI=1S/C25H18O.C20H17N3/c1-17-14-19(18-8-3-2-4-9-18)16-20(15-17)21-11-7-13-24-25(21)22-10-5-6-12-23(22)26-24;21-19(17-9-5-2-6-10-17)23-20(22)18-13-11-16(12-14-18)15-7-3-1-4-8-15/h2-16H,1H3;1-14H,(H3,21,22,23). The molecule has 49 heavy (non-hydrogen) atoms. The summed E-state index contributed by atoms with van der Waals surface area (Å²) in [6, 6.07) is 59.3. The van der Waals surface area contributed by atoms with E-state index in [2.05, 4.69) is 96.8 Å². The van der Waals surface area contributed by atoms with Gasteiger partial charge in [0.2, 0.25) is 0 Å². The molecule has 0 radical (unpaired) electrons. The molecule has 4 heteroatoms. The van der Waals surface area contributed by atoms with Crippen LogP contribution in [0, 0.1) is 12.3 Å². The summed E-state index contributed by atoms with van der Waals surface area (Å²) in [4.78, 5) is 4.20. The van der Waals surface area contributed by atoms with Crippen LogP contribution >= 0.6 is 0 Å². The summed E-state index contributed by atoms with van der Waals surface area (Å²) in [7, 11) is 0. The van der Waals surface area contributed by atoms with Crippen molar-refractivity contribution in [2.75, 3.05) is 0 Å². The number of nitrogens with one attached hydrogen (secondary N) is 1. The van der Waals surface area contributed by atoms with Crippen LogP contribution in [-0.4, -0.2) is 11.7 Å². The number of furan rings is 1. The van der Waals surface area contributed by atoms with E-state index in [0.717, 1.165) is 33.4 Å². The third-order valence-corrected chi connectivity index (χ3v) is 8.47. The first kappa shape index (κ1) is 31.1. The highest BCUT2D eigenvalue weighted by Gasteiger charge is 2.13. The van der Waals surface area contributed by atoms with Crippen LogP contribution < -0.4 is 5.73 Å². The van der Waals surface area contributed by atoms with Gasteiger partial charge in [-0.1, -0.05) is 158 Å². The molecule has 0 unspecified atom stereocenters. The minimum atomic E-state index is 0.162. The molecule has 8 rings (SSSR count). The molecule has 0 saturated heterocycles. The number of hydrogen-bond donors (Lipinski definition) is 2. The molecule has 0 atom stereocenters. The lowest BCUT2D eigenvalue weighted by molar-refractivity contribution is 0.669. The fourth-order valence-corrected chi connectivity index (χ4v) is 6.06. The van der Waals surface area contributed by atoms with Crippen molar-refractivity contribution in [3.05, 3.63) is 193 Å². The average Bonchev–Trinajstić information content (AvgIpc) is 3.55. The van der Waals surface area contributed by atoms with Gasteiger partial charge in [0.05, 0.1) is 0 Å². The molecule has 0 saturated carbocycles. The Kier molecular flexibility index (Phi) is 8.94. The summed E-state index contributed by atoms with van der Waals surface area (Å²) in [5.74, 6) is 0.508. The highest BCUT2D eigenvalue weighted by atomic mass is 16.3. The second kappa shape index (κ2) is 14.1. The maximum atomic E-state index is 8.02. The van der Waals surface area contributed by atoms with Crippen molar-refractivity contribution >= 4 is 33.6 Å². The molecule has 3 N–H and O–H groups in total. The minimum absolute atomic E-state index is 0.162. The van der Waals surface area contributed by atoms with Gasteiger partial charge in [0.25, 0.3) is 0 Å². The van der Waals surface area contributed by atoms with Gasteiger partial charge in [0.15, 0.2) is 5.84 Å². The summed E-state index contributed by atoms with van der Waals surface area (Å²) in [6.07, 6.45) is 0. The molecular formula is C45H35N3O. The van der Waals surface area contributed by atoms with Gasteiger partial charge in [-0.2, -0.15) is 0 Å². The summed E-state index contributed by atoms with van der Waals surface area (Å²) in [6.45, 7) is 2.16. The normalized spacial score (nSPS) is 11.2. The molecule has 0 aliphatic heterocycles. The summed E-state index contributed by atoms with van der Waals surface area (Å²) < 4.78 is 6.06. The largest absolute Gasteiger partial charge is 0.456 e. The molecule has 0 fully saturated rings. The number of fused-ring (bicyclic) bond motifs is 3. The fraction of sp³-hybridized carbons (Fsp3) is 0.0222. The summed E-state index contributed by atoms with van der Waals surface area (Å²) >= 11 is 0. The Morgan fingerprint density at radius 2 is 1.06 bits per heavy atom. The zero-order valence-electron chi connectivity index (χ0n) is 27.2. The monoisotopic (exact) mass is 633 g/mol. The van der Waals surface area contributed by atoms with E-state index >= 15 is 0 Å². The average molecular weight is 634 g/mol. The van der Waals surface area contributed by atoms with Crippen LogP contribution in [0.4, 0.5) is 0 Å². The number of nitrogens with zero attached hydrogens (tertiary/aromatic N) is 1. The van der Waals surface area contributed by atoms with Gasteiger partial charge in [0, 0.05) is 21.9 Å². The van der Waals surface area contributed by atoms with Crippen LogP contribution in [0.5, 0.6) is 0 Å². The number of nitrogens with two attached hydrogens (primary N) is 1. The molecule has 1 aromatic heterocycles. The first-order chi connectivity index (χ1) is 24.0. The summed E-state index contributed by atoms with van der Waals surface area (Å²) in [5.41, 5.74) is 17.9. The summed E-state index contributed by atoms with van der Waals surface area (Å²) in [5, 5.41) is 10.4. The molecule has 0 bridgehead atoms.